The summed E-state index contributed by atoms with van der Waals surface area (Å²) in [7, 11) is 0. The van der Waals surface area contributed by atoms with Gasteiger partial charge >= 0.3 is 6.03 Å². The molecule has 6 nitrogen and oxygen atoms in total. The van der Waals surface area contributed by atoms with E-state index in [1.165, 1.54) is 12.1 Å². The van der Waals surface area contributed by atoms with Gasteiger partial charge in [0, 0.05) is 17.8 Å². The van der Waals surface area contributed by atoms with Crippen molar-refractivity contribution in [3.8, 4) is 0 Å². The summed E-state index contributed by atoms with van der Waals surface area (Å²) in [4.78, 5) is 16.5. The minimum absolute atomic E-state index is 0.266. The van der Waals surface area contributed by atoms with Gasteiger partial charge in [-0.05, 0) is 74.6 Å². The van der Waals surface area contributed by atoms with Crippen molar-refractivity contribution in [1.82, 2.24) is 14.9 Å². The van der Waals surface area contributed by atoms with Crippen LogP contribution in [0.3, 0.4) is 0 Å². The van der Waals surface area contributed by atoms with Crippen molar-refractivity contribution in [2.75, 3.05) is 5.32 Å². The smallest absolute Gasteiger partial charge is 0.319 e. The molecule has 37 heavy (non-hydrogen) atoms. The van der Waals surface area contributed by atoms with Gasteiger partial charge in [0.1, 0.15) is 11.4 Å². The van der Waals surface area contributed by atoms with Crippen molar-refractivity contribution in [2.45, 2.75) is 51.3 Å². The number of nitrogens with one attached hydrogen (secondary N) is 2. The maximum atomic E-state index is 13.7. The largest absolute Gasteiger partial charge is 0.379 e. The number of hydrogen-bond donors (Lipinski definition) is 3. The molecular formula is C30H33FN4O2. The molecule has 2 amide bonds. The average Bonchev–Trinajstić information content (AvgIpc) is 3.32. The first-order valence-corrected chi connectivity index (χ1v) is 12.3. The molecule has 0 aliphatic heterocycles. The van der Waals surface area contributed by atoms with E-state index in [0.717, 1.165) is 11.1 Å². The summed E-state index contributed by atoms with van der Waals surface area (Å²) >= 11 is 0. The summed E-state index contributed by atoms with van der Waals surface area (Å²) in [6, 6.07) is 23.2. The van der Waals surface area contributed by atoms with Gasteiger partial charge in [-0.1, -0.05) is 54.6 Å². The van der Waals surface area contributed by atoms with Gasteiger partial charge in [0.05, 0.1) is 18.2 Å². The van der Waals surface area contributed by atoms with Crippen molar-refractivity contribution in [3.63, 3.8) is 0 Å². The van der Waals surface area contributed by atoms with Crippen molar-refractivity contribution in [2.24, 2.45) is 0 Å². The maximum Gasteiger partial charge on any atom is 0.319 e. The van der Waals surface area contributed by atoms with Gasteiger partial charge in [0.25, 0.3) is 0 Å². The Morgan fingerprint density at radius 1 is 0.946 bits per heavy atom. The first-order chi connectivity index (χ1) is 17.6. The number of aromatic nitrogens is 2. The molecule has 3 N–H and O–H groups in total. The molecule has 0 spiro atoms. The van der Waals surface area contributed by atoms with Gasteiger partial charge in [-0.2, -0.15) is 0 Å². The van der Waals surface area contributed by atoms with E-state index in [1.807, 2.05) is 79.9 Å². The fourth-order valence-corrected chi connectivity index (χ4v) is 4.30. The van der Waals surface area contributed by atoms with Crippen LogP contribution in [0.1, 0.15) is 49.6 Å². The van der Waals surface area contributed by atoms with Gasteiger partial charge in [0.15, 0.2) is 0 Å². The number of amides is 2. The van der Waals surface area contributed by atoms with Crippen molar-refractivity contribution in [1.29, 1.82) is 0 Å². The van der Waals surface area contributed by atoms with Crippen LogP contribution in [0.4, 0.5) is 14.9 Å². The Balaban J connectivity index is 1.55. The summed E-state index contributed by atoms with van der Waals surface area (Å²) in [5, 5.41) is 17.8. The number of nitrogens with zero attached hydrogens (tertiary/aromatic N) is 2. The molecule has 1 heterocycles. The van der Waals surface area contributed by atoms with Crippen LogP contribution in [0.5, 0.6) is 0 Å². The zero-order chi connectivity index (χ0) is 26.5. The molecule has 0 aliphatic carbocycles. The van der Waals surface area contributed by atoms with Crippen LogP contribution >= 0.6 is 0 Å². The highest BCUT2D eigenvalue weighted by Gasteiger charge is 2.34. The molecule has 7 heteroatoms. The lowest BCUT2D eigenvalue weighted by molar-refractivity contribution is 0.0631. The van der Waals surface area contributed by atoms with Crippen LogP contribution in [0.25, 0.3) is 0 Å². The molecule has 1 unspecified atom stereocenters. The zero-order valence-corrected chi connectivity index (χ0v) is 21.4. The minimum atomic E-state index is -1.39. The fourth-order valence-electron chi connectivity index (χ4n) is 4.30. The molecule has 1 aromatic heterocycles. The number of aryl methyl sites for hydroxylation is 1. The quantitative estimate of drug-likeness (QED) is 0.284. The number of benzene rings is 3. The number of urea groups is 1. The van der Waals surface area contributed by atoms with Crippen LogP contribution < -0.4 is 10.6 Å². The molecule has 0 bridgehead atoms. The first kappa shape index (κ1) is 26.1. The second kappa shape index (κ2) is 11.0. The average molecular weight is 501 g/mol. The number of hydrogen-bond acceptors (Lipinski definition) is 3. The van der Waals surface area contributed by atoms with E-state index >= 15 is 0 Å². The van der Waals surface area contributed by atoms with Gasteiger partial charge in [-0.3, -0.25) is 0 Å². The maximum absolute atomic E-state index is 13.7. The number of imidazole rings is 1. The Hall–Kier alpha value is -3.97. The van der Waals surface area contributed by atoms with E-state index in [2.05, 4.69) is 15.6 Å². The predicted molar refractivity (Wildman–Crippen MR) is 144 cm³/mol. The number of carbonyl (C=O) groups excluding carboxylic acids is 1. The summed E-state index contributed by atoms with van der Waals surface area (Å²) in [6.07, 6.45) is 4.29. The van der Waals surface area contributed by atoms with E-state index in [4.69, 9.17) is 0 Å². The van der Waals surface area contributed by atoms with E-state index in [0.29, 0.717) is 36.3 Å². The van der Waals surface area contributed by atoms with Crippen LogP contribution in [-0.2, 0) is 18.6 Å². The summed E-state index contributed by atoms with van der Waals surface area (Å²) in [6.45, 7) is 6.31. The molecular weight excluding hydrogens is 467 g/mol. The monoisotopic (exact) mass is 500 g/mol. The lowest BCUT2D eigenvalue weighted by Crippen LogP contribution is -2.43. The normalized spacial score (nSPS) is 13.1. The topological polar surface area (TPSA) is 79.2 Å². The van der Waals surface area contributed by atoms with Gasteiger partial charge in [0.2, 0.25) is 0 Å². The second-order valence-corrected chi connectivity index (χ2v) is 10.3. The summed E-state index contributed by atoms with van der Waals surface area (Å²) in [5.41, 5.74) is 2.28. The third kappa shape index (κ3) is 6.83. The Labute approximate surface area is 217 Å². The van der Waals surface area contributed by atoms with Crippen LogP contribution in [0, 0.1) is 5.82 Å². The Kier molecular flexibility index (Phi) is 7.74. The van der Waals surface area contributed by atoms with E-state index in [-0.39, 0.29) is 17.4 Å². The SMILES string of the molecule is CC(C)(C)NC(=O)Nc1ccc(CCC(O)(c2ccc(F)cc2)c2cncn2Cc2ccccc2)cc1. The molecule has 0 radical (unpaired) electrons. The highest BCUT2D eigenvalue weighted by atomic mass is 19.1. The number of halogens is 1. The molecule has 0 fully saturated rings. The molecule has 3 aromatic carbocycles. The van der Waals surface area contributed by atoms with Crippen molar-refractivity contribution < 1.29 is 14.3 Å². The first-order valence-electron chi connectivity index (χ1n) is 12.3. The highest BCUT2D eigenvalue weighted by molar-refractivity contribution is 5.89. The molecule has 0 aliphatic rings. The van der Waals surface area contributed by atoms with E-state index in [1.54, 1.807) is 24.7 Å². The summed E-state index contributed by atoms with van der Waals surface area (Å²) < 4.78 is 15.7. The second-order valence-electron chi connectivity index (χ2n) is 10.3. The molecule has 4 aromatic rings. The fraction of sp³-hybridized carbons (Fsp3) is 0.267. The van der Waals surface area contributed by atoms with Crippen LogP contribution in [0.15, 0.2) is 91.4 Å². The predicted octanol–water partition coefficient (Wildman–Crippen LogP) is 5.86. The third-order valence-corrected chi connectivity index (χ3v) is 6.13. The summed E-state index contributed by atoms with van der Waals surface area (Å²) in [5.74, 6) is -0.359. The molecule has 0 saturated heterocycles. The Bertz CT molecular complexity index is 1310. The van der Waals surface area contributed by atoms with E-state index in [9.17, 15) is 14.3 Å². The lowest BCUT2D eigenvalue weighted by Gasteiger charge is -2.30. The number of anilines is 1. The van der Waals surface area contributed by atoms with Gasteiger partial charge in [-0.15, -0.1) is 0 Å². The molecule has 1 atom stereocenters. The zero-order valence-electron chi connectivity index (χ0n) is 21.4. The lowest BCUT2D eigenvalue weighted by atomic mass is 9.84. The van der Waals surface area contributed by atoms with Crippen LogP contribution in [-0.4, -0.2) is 26.2 Å². The third-order valence-electron chi connectivity index (χ3n) is 6.13. The van der Waals surface area contributed by atoms with Gasteiger partial charge < -0.3 is 20.3 Å². The van der Waals surface area contributed by atoms with Gasteiger partial charge in [-0.25, -0.2) is 14.2 Å². The standard InChI is InChI=1S/C30H33FN4O2/c1-29(2,3)34-28(36)33-26-15-9-22(10-16-26)17-18-30(37,24-11-13-25(31)14-12-24)27-19-32-21-35(27)20-23-7-5-4-6-8-23/h4-16,19,21,37H,17-18,20H2,1-3H3,(H2,33,34,36). The Morgan fingerprint density at radius 2 is 1.62 bits per heavy atom. The number of aliphatic hydroxyl groups is 1. The molecule has 4 rings (SSSR count). The van der Waals surface area contributed by atoms with Crippen molar-refractivity contribution >= 4 is 11.7 Å². The number of rotatable bonds is 8. The minimum Gasteiger partial charge on any atom is -0.379 e. The highest BCUT2D eigenvalue weighted by Crippen LogP contribution is 2.35. The van der Waals surface area contributed by atoms with E-state index < -0.39 is 5.60 Å². The number of carbonyl (C=O) groups is 1. The van der Waals surface area contributed by atoms with Crippen molar-refractivity contribution in [3.05, 3.63) is 120 Å². The molecule has 192 valence electrons. The molecule has 0 saturated carbocycles. The Morgan fingerprint density at radius 3 is 2.27 bits per heavy atom. The van der Waals surface area contributed by atoms with Crippen LogP contribution in [0.2, 0.25) is 0 Å².